The zero-order chi connectivity index (χ0) is 15.1. The van der Waals surface area contributed by atoms with Crippen molar-refractivity contribution in [3.8, 4) is 0 Å². The molecule has 0 N–H and O–H groups in total. The van der Waals surface area contributed by atoms with Crippen molar-refractivity contribution in [2.24, 2.45) is 5.41 Å². The van der Waals surface area contributed by atoms with Crippen molar-refractivity contribution < 1.29 is 20.4 Å². The molecular formula is C17H32Cl2PTi. The number of halogens is 2. The third kappa shape index (κ3) is 4.19. The van der Waals surface area contributed by atoms with E-state index in [9.17, 15) is 0 Å². The number of rotatable bonds is 4. The van der Waals surface area contributed by atoms with E-state index in [1.165, 1.54) is 11.1 Å². The van der Waals surface area contributed by atoms with Crippen molar-refractivity contribution in [1.82, 2.24) is 0 Å². The van der Waals surface area contributed by atoms with E-state index < -0.39 is 0 Å². The summed E-state index contributed by atoms with van der Waals surface area (Å²) in [6, 6.07) is 0. The SMILES string of the molecule is CC1=C(C)C(C)(C(C)P(C(C)C)C(C)C)[C]([Ti])=C1C.Cl.Cl. The van der Waals surface area contributed by atoms with Crippen LogP contribution in [0, 0.1) is 5.41 Å². The van der Waals surface area contributed by atoms with E-state index in [1.807, 2.05) is 0 Å². The third-order valence-corrected chi connectivity index (χ3v) is 10.5. The Labute approximate surface area is 158 Å². The number of hydrogen-bond donors (Lipinski definition) is 0. The van der Waals surface area contributed by atoms with Crippen LogP contribution in [0.15, 0.2) is 20.6 Å². The molecule has 21 heavy (non-hydrogen) atoms. The summed E-state index contributed by atoms with van der Waals surface area (Å²) in [5.41, 5.74) is 7.35. The molecular weight excluding hydrogens is 354 g/mol. The molecule has 0 spiro atoms. The van der Waals surface area contributed by atoms with Crippen LogP contribution in [-0.2, 0) is 20.4 Å². The second-order valence-electron chi connectivity index (χ2n) is 6.76. The molecule has 0 nitrogen and oxygen atoms in total. The third-order valence-electron chi connectivity index (χ3n) is 5.27. The minimum atomic E-state index is 0. The average Bonchev–Trinajstić information content (AvgIpc) is 2.45. The Morgan fingerprint density at radius 3 is 1.48 bits per heavy atom. The van der Waals surface area contributed by atoms with Gasteiger partial charge in [0.1, 0.15) is 0 Å². The molecule has 0 saturated heterocycles. The molecule has 0 aromatic rings. The van der Waals surface area contributed by atoms with Crippen LogP contribution in [0.2, 0.25) is 0 Å². The fourth-order valence-electron chi connectivity index (χ4n) is 3.75. The van der Waals surface area contributed by atoms with Gasteiger partial charge in [-0.3, -0.25) is 0 Å². The van der Waals surface area contributed by atoms with Crippen molar-refractivity contribution in [3.63, 3.8) is 0 Å². The Bertz CT molecular complexity index is 393. The number of allylic oxidation sites excluding steroid dienone is 4. The summed E-state index contributed by atoms with van der Waals surface area (Å²) in [4.78, 5) is 0. The normalized spacial score (nSPS) is 23.8. The number of hydrogen-bond acceptors (Lipinski definition) is 0. The zero-order valence-electron chi connectivity index (χ0n) is 15.0. The molecule has 0 amide bonds. The summed E-state index contributed by atoms with van der Waals surface area (Å²) in [7, 11) is 0.0408. The molecule has 0 aromatic heterocycles. The largest absolute Gasteiger partial charge is 0.147 e. The van der Waals surface area contributed by atoms with Crippen molar-refractivity contribution in [2.45, 2.75) is 79.3 Å². The average molecular weight is 386 g/mol. The van der Waals surface area contributed by atoms with Crippen molar-refractivity contribution in [2.75, 3.05) is 0 Å². The van der Waals surface area contributed by atoms with Crippen LogP contribution < -0.4 is 0 Å². The predicted octanol–water partition coefficient (Wildman–Crippen LogP) is 6.69. The van der Waals surface area contributed by atoms with Gasteiger partial charge in [0.05, 0.1) is 0 Å². The molecule has 1 aliphatic carbocycles. The Balaban J connectivity index is 0. The topological polar surface area (TPSA) is 0 Å². The van der Waals surface area contributed by atoms with Crippen LogP contribution in [0.1, 0.15) is 62.3 Å². The molecule has 0 aliphatic heterocycles. The van der Waals surface area contributed by atoms with Gasteiger partial charge >= 0.3 is 134 Å². The smallest absolute Gasteiger partial charge is 0.147 e. The molecule has 1 rings (SSSR count). The molecule has 1 aliphatic rings. The fraction of sp³-hybridized carbons (Fsp3) is 0.765. The van der Waals surface area contributed by atoms with Crippen LogP contribution >= 0.6 is 32.7 Å². The van der Waals surface area contributed by atoms with Gasteiger partial charge in [0, 0.05) is 0 Å². The van der Waals surface area contributed by atoms with E-state index in [2.05, 4.69) is 82.7 Å². The molecule has 0 fully saturated rings. The van der Waals surface area contributed by atoms with E-state index in [0.717, 1.165) is 17.0 Å². The van der Waals surface area contributed by atoms with E-state index in [4.69, 9.17) is 0 Å². The first-order valence-corrected chi connectivity index (χ1v) is 9.78. The standard InChI is InChI=1S/C17H30P.2ClH.Ti/c1-11(2)18(12(3)4)16(8)17(9)10-13(5)14(6)15(17)7;;;/h11-12,16H,1-9H3;2*1H;. The first-order valence-electron chi connectivity index (χ1n) is 7.45. The van der Waals surface area contributed by atoms with Crippen molar-refractivity contribution in [1.29, 1.82) is 0 Å². The first kappa shape index (κ1) is 24.5. The van der Waals surface area contributed by atoms with E-state index in [0.29, 0.717) is 0 Å². The minimum Gasteiger partial charge on any atom is -0.147 e. The van der Waals surface area contributed by atoms with Gasteiger partial charge in [-0.2, -0.15) is 0 Å². The molecule has 0 heterocycles. The van der Waals surface area contributed by atoms with Gasteiger partial charge in [-0.05, 0) is 0 Å². The Kier molecular flexibility index (Phi) is 10.4. The van der Waals surface area contributed by atoms with Crippen molar-refractivity contribution in [3.05, 3.63) is 20.6 Å². The van der Waals surface area contributed by atoms with Crippen LogP contribution in [0.5, 0.6) is 0 Å². The van der Waals surface area contributed by atoms with Gasteiger partial charge in [-0.1, -0.05) is 0 Å². The quantitative estimate of drug-likeness (QED) is 0.373. The minimum absolute atomic E-state index is 0. The molecule has 0 bridgehead atoms. The fourth-order valence-corrected chi connectivity index (χ4v) is 8.76. The molecule has 0 saturated carbocycles. The summed E-state index contributed by atoms with van der Waals surface area (Å²) in [6.07, 6.45) is 0. The van der Waals surface area contributed by atoms with Gasteiger partial charge in [0.15, 0.2) is 0 Å². The van der Waals surface area contributed by atoms with Crippen LogP contribution in [0.4, 0.5) is 0 Å². The van der Waals surface area contributed by atoms with E-state index >= 15 is 0 Å². The summed E-state index contributed by atoms with van der Waals surface area (Å²) in [5.74, 6) is 0. The molecule has 0 radical (unpaired) electrons. The van der Waals surface area contributed by atoms with E-state index in [-0.39, 0.29) is 38.2 Å². The van der Waals surface area contributed by atoms with Crippen molar-refractivity contribution >= 4 is 32.7 Å². The van der Waals surface area contributed by atoms with Gasteiger partial charge < -0.3 is 0 Å². The van der Waals surface area contributed by atoms with Gasteiger partial charge in [-0.15, -0.1) is 24.8 Å². The second-order valence-corrected chi connectivity index (χ2v) is 11.3. The van der Waals surface area contributed by atoms with Gasteiger partial charge in [0.25, 0.3) is 0 Å². The summed E-state index contributed by atoms with van der Waals surface area (Å²) >= 11 is 2.36. The molecule has 0 aromatic carbocycles. The molecule has 2 atom stereocenters. The molecule has 2 unspecified atom stereocenters. The second kappa shape index (κ2) is 8.89. The maximum Gasteiger partial charge on any atom is -0.147 e. The summed E-state index contributed by atoms with van der Waals surface area (Å²) < 4.78 is 1.61. The maximum atomic E-state index is 2.50. The molecule has 123 valence electrons. The van der Waals surface area contributed by atoms with Gasteiger partial charge in [-0.25, -0.2) is 0 Å². The van der Waals surface area contributed by atoms with Crippen LogP contribution in [0.3, 0.4) is 0 Å². The van der Waals surface area contributed by atoms with Crippen LogP contribution in [-0.4, -0.2) is 17.0 Å². The van der Waals surface area contributed by atoms with Crippen LogP contribution in [0.25, 0.3) is 0 Å². The monoisotopic (exact) mass is 385 g/mol. The maximum absolute atomic E-state index is 2.50. The Morgan fingerprint density at radius 1 is 0.857 bits per heavy atom. The molecule has 4 heteroatoms. The zero-order valence-corrected chi connectivity index (χ0v) is 19.1. The predicted molar refractivity (Wildman–Crippen MR) is 100 cm³/mol. The summed E-state index contributed by atoms with van der Waals surface area (Å²) in [5, 5.41) is 0. The first-order chi connectivity index (χ1) is 8.56. The van der Waals surface area contributed by atoms with Gasteiger partial charge in [0.2, 0.25) is 0 Å². The van der Waals surface area contributed by atoms with E-state index in [1.54, 1.807) is 9.45 Å². The Morgan fingerprint density at radius 2 is 1.24 bits per heavy atom. The summed E-state index contributed by atoms with van der Waals surface area (Å²) in [6.45, 7) is 21.6. The Hall–Kier alpha value is 1.20.